The number of allylic oxidation sites excluding steroid dienone is 1. The molecule has 0 saturated heterocycles. The van der Waals surface area contributed by atoms with Crippen molar-refractivity contribution in [3.05, 3.63) is 54.8 Å². The Morgan fingerprint density at radius 3 is 2.40 bits per heavy atom. The Kier molecular flexibility index (Phi) is 4.03. The van der Waals surface area contributed by atoms with Gasteiger partial charge in [0.15, 0.2) is 5.41 Å². The van der Waals surface area contributed by atoms with Crippen LogP contribution in [0.1, 0.15) is 23.6 Å². The Bertz CT molecular complexity index is 890. The molecule has 1 aliphatic rings. The molecule has 0 radical (unpaired) electrons. The van der Waals surface area contributed by atoms with E-state index in [0.717, 1.165) is 22.2 Å². The number of para-hydroxylation sites is 1. The highest BCUT2D eigenvalue weighted by Crippen LogP contribution is 2.53. The molecule has 3 rings (SSSR count). The van der Waals surface area contributed by atoms with Crippen LogP contribution < -0.4 is 0 Å². The summed E-state index contributed by atoms with van der Waals surface area (Å²) in [5.41, 5.74) is 1.62. The molecule has 0 N–H and O–H groups in total. The third-order valence-corrected chi connectivity index (χ3v) is 5.20. The van der Waals surface area contributed by atoms with Gasteiger partial charge < -0.3 is 14.0 Å². The molecular formula is C20H21NO4. The summed E-state index contributed by atoms with van der Waals surface area (Å²) in [5.74, 6) is -1.52. The summed E-state index contributed by atoms with van der Waals surface area (Å²) in [6.45, 7) is 8.03. The second-order valence-electron chi connectivity index (χ2n) is 6.25. The van der Waals surface area contributed by atoms with Crippen molar-refractivity contribution in [3.8, 4) is 0 Å². The highest BCUT2D eigenvalue weighted by Gasteiger charge is 2.56. The highest BCUT2D eigenvalue weighted by atomic mass is 16.5. The van der Waals surface area contributed by atoms with Crippen molar-refractivity contribution in [2.45, 2.75) is 12.3 Å². The number of nitrogens with zero attached hydrogens (tertiary/aromatic N) is 1. The second kappa shape index (κ2) is 5.92. The zero-order valence-electron chi connectivity index (χ0n) is 14.7. The van der Waals surface area contributed by atoms with Crippen molar-refractivity contribution in [3.63, 3.8) is 0 Å². The summed E-state index contributed by atoms with van der Waals surface area (Å²) in [6.07, 6.45) is 1.95. The van der Waals surface area contributed by atoms with Gasteiger partial charge in [-0.15, -0.1) is 6.58 Å². The lowest BCUT2D eigenvalue weighted by Gasteiger charge is -2.37. The molecule has 0 aliphatic heterocycles. The second-order valence-corrected chi connectivity index (χ2v) is 6.25. The quantitative estimate of drug-likeness (QED) is 0.489. The number of methoxy groups -OCH3 is 2. The van der Waals surface area contributed by atoms with Gasteiger partial charge in [0.25, 0.3) is 0 Å². The van der Waals surface area contributed by atoms with E-state index in [2.05, 4.69) is 13.2 Å². The van der Waals surface area contributed by atoms with E-state index in [9.17, 15) is 9.59 Å². The molecule has 2 aromatic rings. The molecule has 1 unspecified atom stereocenters. The fourth-order valence-electron chi connectivity index (χ4n) is 3.97. The Labute approximate surface area is 146 Å². The molecule has 1 aromatic carbocycles. The monoisotopic (exact) mass is 339 g/mol. The first-order valence-electron chi connectivity index (χ1n) is 8.00. The number of carbonyl (C=O) groups is 2. The minimum absolute atomic E-state index is 0.190. The van der Waals surface area contributed by atoms with Crippen LogP contribution >= 0.6 is 0 Å². The van der Waals surface area contributed by atoms with Gasteiger partial charge in [-0.25, -0.2) is 0 Å². The Hall–Kier alpha value is -2.82. The molecule has 25 heavy (non-hydrogen) atoms. The number of rotatable bonds is 3. The van der Waals surface area contributed by atoms with Crippen molar-refractivity contribution < 1.29 is 19.1 Å². The van der Waals surface area contributed by atoms with E-state index in [-0.39, 0.29) is 12.3 Å². The van der Waals surface area contributed by atoms with Crippen LogP contribution in [0.2, 0.25) is 0 Å². The SMILES string of the molecule is C=CC1CC(C(=O)OC)(C(=O)OC)C(=C)c2c1c1ccccc1n2C. The van der Waals surface area contributed by atoms with Gasteiger partial charge in [0, 0.05) is 29.6 Å². The van der Waals surface area contributed by atoms with E-state index >= 15 is 0 Å². The zero-order chi connectivity index (χ0) is 18.4. The summed E-state index contributed by atoms with van der Waals surface area (Å²) in [6, 6.07) is 7.95. The van der Waals surface area contributed by atoms with Crippen LogP contribution in [-0.4, -0.2) is 30.7 Å². The summed E-state index contributed by atoms with van der Waals surface area (Å²) < 4.78 is 11.9. The van der Waals surface area contributed by atoms with Crippen LogP contribution in [-0.2, 0) is 26.1 Å². The van der Waals surface area contributed by atoms with Crippen molar-refractivity contribution in [2.24, 2.45) is 12.5 Å². The lowest BCUT2D eigenvalue weighted by Crippen LogP contribution is -2.45. The fourth-order valence-corrected chi connectivity index (χ4v) is 3.97. The van der Waals surface area contributed by atoms with E-state index in [0.29, 0.717) is 5.57 Å². The Morgan fingerprint density at radius 2 is 1.84 bits per heavy atom. The maximum absolute atomic E-state index is 12.7. The van der Waals surface area contributed by atoms with Gasteiger partial charge in [-0.1, -0.05) is 30.9 Å². The van der Waals surface area contributed by atoms with Crippen molar-refractivity contribution in [2.75, 3.05) is 14.2 Å². The van der Waals surface area contributed by atoms with Crippen LogP contribution in [0.3, 0.4) is 0 Å². The minimum Gasteiger partial charge on any atom is -0.468 e. The summed E-state index contributed by atoms with van der Waals surface area (Å²) >= 11 is 0. The lowest BCUT2D eigenvalue weighted by atomic mass is 9.65. The third kappa shape index (κ3) is 2.08. The number of esters is 2. The first-order valence-corrected chi connectivity index (χ1v) is 8.00. The molecule has 5 heteroatoms. The van der Waals surface area contributed by atoms with Gasteiger partial charge in [0.05, 0.1) is 14.2 Å². The van der Waals surface area contributed by atoms with Crippen molar-refractivity contribution in [1.82, 2.24) is 4.57 Å². The number of hydrogen-bond donors (Lipinski definition) is 0. The number of hydrogen-bond acceptors (Lipinski definition) is 4. The fraction of sp³-hybridized carbons (Fsp3) is 0.300. The number of carbonyl (C=O) groups excluding carboxylic acids is 2. The summed E-state index contributed by atoms with van der Waals surface area (Å²) in [4.78, 5) is 25.3. The molecule has 1 atom stereocenters. The largest absolute Gasteiger partial charge is 0.468 e. The van der Waals surface area contributed by atoms with Gasteiger partial charge in [0.1, 0.15) is 0 Å². The minimum atomic E-state index is -1.57. The normalized spacial score (nSPS) is 18.5. The molecule has 0 amide bonds. The Morgan fingerprint density at radius 1 is 1.24 bits per heavy atom. The maximum Gasteiger partial charge on any atom is 0.327 e. The molecule has 1 aromatic heterocycles. The van der Waals surface area contributed by atoms with E-state index < -0.39 is 17.4 Å². The molecule has 0 bridgehead atoms. The average Bonchev–Trinajstić information content (AvgIpc) is 2.95. The van der Waals surface area contributed by atoms with Gasteiger partial charge in [-0.3, -0.25) is 9.59 Å². The van der Waals surface area contributed by atoms with E-state index in [4.69, 9.17) is 9.47 Å². The maximum atomic E-state index is 12.7. The molecule has 0 spiro atoms. The number of ether oxygens (including phenoxy) is 2. The molecule has 0 saturated carbocycles. The van der Waals surface area contributed by atoms with Crippen molar-refractivity contribution in [1.29, 1.82) is 0 Å². The van der Waals surface area contributed by atoms with Crippen LogP contribution in [0.25, 0.3) is 16.5 Å². The first-order chi connectivity index (χ1) is 11.9. The first kappa shape index (κ1) is 17.0. The number of aromatic nitrogens is 1. The molecule has 130 valence electrons. The molecule has 1 aliphatic carbocycles. The standard InChI is InChI=1S/C20H21NO4/c1-6-13-11-20(18(22)24-4,19(23)25-5)12(2)17-16(13)14-9-7-8-10-15(14)21(17)3/h6-10,13H,1-2,11H2,3-5H3. The number of aryl methyl sites for hydroxylation is 1. The van der Waals surface area contributed by atoms with Gasteiger partial charge >= 0.3 is 11.9 Å². The summed E-state index contributed by atoms with van der Waals surface area (Å²) in [5, 5.41) is 1.06. The van der Waals surface area contributed by atoms with Crippen LogP contribution in [0, 0.1) is 5.41 Å². The topological polar surface area (TPSA) is 57.5 Å². The van der Waals surface area contributed by atoms with E-state index in [1.54, 1.807) is 6.08 Å². The zero-order valence-corrected chi connectivity index (χ0v) is 14.7. The van der Waals surface area contributed by atoms with Crippen LogP contribution in [0.5, 0.6) is 0 Å². The third-order valence-electron chi connectivity index (χ3n) is 5.20. The number of fused-ring (bicyclic) bond motifs is 3. The van der Waals surface area contributed by atoms with Crippen molar-refractivity contribution >= 4 is 28.4 Å². The lowest BCUT2D eigenvalue weighted by molar-refractivity contribution is -0.165. The van der Waals surface area contributed by atoms with Gasteiger partial charge in [-0.05, 0) is 23.6 Å². The Balaban J connectivity index is 2.38. The summed E-state index contributed by atoms with van der Waals surface area (Å²) in [7, 11) is 4.43. The van der Waals surface area contributed by atoms with E-state index in [1.807, 2.05) is 35.9 Å². The smallest absolute Gasteiger partial charge is 0.327 e. The molecular weight excluding hydrogens is 318 g/mol. The van der Waals surface area contributed by atoms with Crippen LogP contribution in [0.15, 0.2) is 43.5 Å². The predicted octanol–water partition coefficient (Wildman–Crippen LogP) is 3.20. The van der Waals surface area contributed by atoms with Crippen LogP contribution in [0.4, 0.5) is 0 Å². The predicted molar refractivity (Wildman–Crippen MR) is 96.0 cm³/mol. The van der Waals surface area contributed by atoms with E-state index in [1.165, 1.54) is 14.2 Å². The molecule has 1 heterocycles. The highest BCUT2D eigenvalue weighted by molar-refractivity contribution is 6.13. The average molecular weight is 339 g/mol. The molecule has 5 nitrogen and oxygen atoms in total. The van der Waals surface area contributed by atoms with Gasteiger partial charge in [-0.2, -0.15) is 0 Å². The van der Waals surface area contributed by atoms with Gasteiger partial charge in [0.2, 0.25) is 0 Å². The number of benzene rings is 1. The molecule has 0 fully saturated rings.